The molecule has 0 aromatic heterocycles. The molecule has 0 atom stereocenters. The molecule has 0 aliphatic heterocycles. The van der Waals surface area contributed by atoms with Gasteiger partial charge in [0.05, 0.1) is 6.54 Å². The number of carbonyl (C=O) groups is 1. The second-order valence-electron chi connectivity index (χ2n) is 5.53. The molecule has 4 N–H and O–H groups in total. The van der Waals surface area contributed by atoms with Crippen LogP contribution in [-0.2, 0) is 13.1 Å². The smallest absolute Gasteiger partial charge is 0.406 e. The molecule has 28 heavy (non-hydrogen) atoms. The molecule has 0 aliphatic rings. The molecule has 0 spiro atoms. The molecular formula is C18H20F3IN4O2. The summed E-state index contributed by atoms with van der Waals surface area (Å²) in [4.78, 5) is 15.8. The zero-order valence-corrected chi connectivity index (χ0v) is 17.2. The minimum Gasteiger partial charge on any atom is -0.406 e. The summed E-state index contributed by atoms with van der Waals surface area (Å²) in [5, 5.41) is 5.42. The number of nitrogens with one attached hydrogen (secondary N) is 2. The predicted octanol–water partition coefficient (Wildman–Crippen LogP) is 3.17. The SMILES string of the molecule is CNC(=O)c1cccc(CN=C(N)NCc2ccc(OC(F)(F)F)cc2)c1.I. The van der Waals surface area contributed by atoms with E-state index in [4.69, 9.17) is 5.73 Å². The van der Waals surface area contributed by atoms with Crippen LogP contribution in [0.3, 0.4) is 0 Å². The van der Waals surface area contributed by atoms with Gasteiger partial charge in [-0.3, -0.25) is 4.79 Å². The highest BCUT2D eigenvalue weighted by Gasteiger charge is 2.30. The molecule has 1 amide bonds. The Morgan fingerprint density at radius 1 is 1.14 bits per heavy atom. The Kier molecular flexibility index (Phi) is 9.03. The molecule has 2 aromatic carbocycles. The molecule has 0 aliphatic carbocycles. The molecule has 2 aromatic rings. The number of hydrogen-bond acceptors (Lipinski definition) is 3. The second-order valence-corrected chi connectivity index (χ2v) is 5.53. The van der Waals surface area contributed by atoms with Crippen LogP contribution in [-0.4, -0.2) is 25.3 Å². The summed E-state index contributed by atoms with van der Waals surface area (Å²) in [6.07, 6.45) is -4.72. The van der Waals surface area contributed by atoms with Crippen LogP contribution < -0.4 is 21.1 Å². The van der Waals surface area contributed by atoms with Crippen molar-refractivity contribution in [3.05, 3.63) is 65.2 Å². The van der Waals surface area contributed by atoms with Crippen molar-refractivity contribution in [3.63, 3.8) is 0 Å². The lowest BCUT2D eigenvalue weighted by Gasteiger charge is -2.10. The zero-order valence-electron chi connectivity index (χ0n) is 14.9. The summed E-state index contributed by atoms with van der Waals surface area (Å²) in [7, 11) is 1.55. The number of benzene rings is 2. The number of amides is 1. The van der Waals surface area contributed by atoms with E-state index in [1.54, 1.807) is 25.2 Å². The summed E-state index contributed by atoms with van der Waals surface area (Å²) in [5.41, 5.74) is 7.85. The standard InChI is InChI=1S/C18H19F3N4O2.HI/c1-23-16(26)14-4-2-3-13(9-14)11-25-17(22)24-10-12-5-7-15(8-6-12)27-18(19,20)21;/h2-9H,10-11H2,1H3,(H,23,26)(H3,22,24,25);1H. The average molecular weight is 508 g/mol. The highest BCUT2D eigenvalue weighted by Crippen LogP contribution is 2.22. The van der Waals surface area contributed by atoms with Gasteiger partial charge in [-0.25, -0.2) is 4.99 Å². The van der Waals surface area contributed by atoms with Gasteiger partial charge >= 0.3 is 6.36 Å². The number of alkyl halides is 3. The van der Waals surface area contributed by atoms with Crippen LogP contribution in [0.25, 0.3) is 0 Å². The van der Waals surface area contributed by atoms with Crippen molar-refractivity contribution in [1.29, 1.82) is 0 Å². The number of ether oxygens (including phenoxy) is 1. The summed E-state index contributed by atoms with van der Waals surface area (Å²) in [6.45, 7) is 0.571. The summed E-state index contributed by atoms with van der Waals surface area (Å²) in [5.74, 6) is -0.301. The molecule has 10 heteroatoms. The molecule has 0 radical (unpaired) electrons. The van der Waals surface area contributed by atoms with Crippen LogP contribution in [0.4, 0.5) is 13.2 Å². The van der Waals surface area contributed by atoms with Gasteiger partial charge in [-0.15, -0.1) is 37.1 Å². The van der Waals surface area contributed by atoms with E-state index in [0.717, 1.165) is 5.56 Å². The first-order valence-corrected chi connectivity index (χ1v) is 7.96. The first-order valence-electron chi connectivity index (χ1n) is 7.96. The maximum Gasteiger partial charge on any atom is 0.573 e. The molecule has 2 rings (SSSR count). The Hall–Kier alpha value is -2.50. The lowest BCUT2D eigenvalue weighted by molar-refractivity contribution is -0.274. The van der Waals surface area contributed by atoms with Crippen molar-refractivity contribution in [3.8, 4) is 5.75 Å². The van der Waals surface area contributed by atoms with E-state index in [-0.39, 0.29) is 48.1 Å². The van der Waals surface area contributed by atoms with Crippen molar-refractivity contribution in [2.24, 2.45) is 10.7 Å². The molecule has 6 nitrogen and oxygen atoms in total. The second kappa shape index (κ2) is 10.7. The molecule has 152 valence electrons. The molecule has 0 heterocycles. The summed E-state index contributed by atoms with van der Waals surface area (Å²) < 4.78 is 40.2. The van der Waals surface area contributed by atoms with Crippen LogP contribution >= 0.6 is 24.0 Å². The maximum absolute atomic E-state index is 12.1. The summed E-state index contributed by atoms with van der Waals surface area (Å²) in [6, 6.07) is 12.4. The fourth-order valence-electron chi connectivity index (χ4n) is 2.19. The van der Waals surface area contributed by atoms with Crippen LogP contribution in [0.1, 0.15) is 21.5 Å². The summed E-state index contributed by atoms with van der Waals surface area (Å²) >= 11 is 0. The Morgan fingerprint density at radius 3 is 2.43 bits per heavy atom. The van der Waals surface area contributed by atoms with E-state index >= 15 is 0 Å². The van der Waals surface area contributed by atoms with Gasteiger partial charge in [-0.2, -0.15) is 0 Å². The largest absolute Gasteiger partial charge is 0.573 e. The van der Waals surface area contributed by atoms with Crippen molar-refractivity contribution < 1.29 is 22.7 Å². The van der Waals surface area contributed by atoms with E-state index in [2.05, 4.69) is 20.4 Å². The average Bonchev–Trinajstić information content (AvgIpc) is 2.64. The van der Waals surface area contributed by atoms with Gasteiger partial charge in [-0.1, -0.05) is 24.3 Å². The number of guanidine groups is 1. The number of nitrogens with zero attached hydrogens (tertiary/aromatic N) is 1. The Labute approximate surface area is 177 Å². The van der Waals surface area contributed by atoms with Crippen molar-refractivity contribution in [2.45, 2.75) is 19.5 Å². The third-order valence-corrected chi connectivity index (χ3v) is 3.48. The number of nitrogens with two attached hydrogens (primary N) is 1. The van der Waals surface area contributed by atoms with Crippen LogP contribution in [0.5, 0.6) is 5.75 Å². The number of carbonyl (C=O) groups excluding carboxylic acids is 1. The number of aliphatic imine (C=N–C) groups is 1. The predicted molar refractivity (Wildman–Crippen MR) is 111 cm³/mol. The Bertz CT molecular complexity index is 811. The normalized spacial score (nSPS) is 11.4. The van der Waals surface area contributed by atoms with Crippen molar-refractivity contribution in [1.82, 2.24) is 10.6 Å². The van der Waals surface area contributed by atoms with E-state index < -0.39 is 6.36 Å². The maximum atomic E-state index is 12.1. The van der Waals surface area contributed by atoms with Gasteiger partial charge in [0.2, 0.25) is 0 Å². The Balaban J connectivity index is 0.00000392. The monoisotopic (exact) mass is 508 g/mol. The van der Waals surface area contributed by atoms with Gasteiger partial charge in [0, 0.05) is 19.2 Å². The molecule has 0 unspecified atom stereocenters. The van der Waals surface area contributed by atoms with Crippen LogP contribution in [0, 0.1) is 0 Å². The zero-order chi connectivity index (χ0) is 19.9. The van der Waals surface area contributed by atoms with Crippen LogP contribution in [0.2, 0.25) is 0 Å². The molecular weight excluding hydrogens is 488 g/mol. The first kappa shape index (κ1) is 23.5. The molecule has 0 saturated heterocycles. The fourth-order valence-corrected chi connectivity index (χ4v) is 2.19. The lowest BCUT2D eigenvalue weighted by atomic mass is 10.1. The third kappa shape index (κ3) is 8.03. The highest BCUT2D eigenvalue weighted by atomic mass is 127. The molecule has 0 saturated carbocycles. The van der Waals surface area contributed by atoms with Crippen molar-refractivity contribution in [2.75, 3.05) is 7.05 Å². The number of halogens is 4. The van der Waals surface area contributed by atoms with E-state index in [1.807, 2.05) is 6.07 Å². The molecule has 0 fully saturated rings. The Morgan fingerprint density at radius 2 is 1.82 bits per heavy atom. The third-order valence-electron chi connectivity index (χ3n) is 3.48. The lowest BCUT2D eigenvalue weighted by Crippen LogP contribution is -2.31. The quantitative estimate of drug-likeness (QED) is 0.318. The number of hydrogen-bond donors (Lipinski definition) is 3. The minimum atomic E-state index is -4.72. The topological polar surface area (TPSA) is 88.7 Å². The molecule has 0 bridgehead atoms. The van der Waals surface area contributed by atoms with Gasteiger partial charge in [0.1, 0.15) is 5.75 Å². The van der Waals surface area contributed by atoms with Crippen molar-refractivity contribution >= 4 is 35.8 Å². The van der Waals surface area contributed by atoms with Crippen LogP contribution in [0.15, 0.2) is 53.5 Å². The van der Waals surface area contributed by atoms with Gasteiger partial charge in [0.25, 0.3) is 5.91 Å². The van der Waals surface area contributed by atoms with Gasteiger partial charge in [-0.05, 0) is 35.4 Å². The first-order chi connectivity index (χ1) is 12.8. The van der Waals surface area contributed by atoms with E-state index in [0.29, 0.717) is 17.7 Å². The number of rotatable bonds is 6. The highest BCUT2D eigenvalue weighted by molar-refractivity contribution is 14.0. The fraction of sp³-hybridized carbons (Fsp3) is 0.222. The minimum absolute atomic E-state index is 0. The van der Waals surface area contributed by atoms with E-state index in [1.165, 1.54) is 24.3 Å². The van der Waals surface area contributed by atoms with Gasteiger partial charge in [0.15, 0.2) is 5.96 Å². The van der Waals surface area contributed by atoms with Gasteiger partial charge < -0.3 is 21.1 Å². The van der Waals surface area contributed by atoms with E-state index in [9.17, 15) is 18.0 Å².